The van der Waals surface area contributed by atoms with E-state index in [4.69, 9.17) is 17.3 Å². The van der Waals surface area contributed by atoms with Gasteiger partial charge in [0.05, 0.1) is 0 Å². The van der Waals surface area contributed by atoms with Crippen molar-refractivity contribution in [2.24, 2.45) is 11.1 Å². The Kier molecular flexibility index (Phi) is 5.33. The largest absolute Gasteiger partial charge is 0.323 e. The predicted molar refractivity (Wildman–Crippen MR) is 81.1 cm³/mol. The minimum absolute atomic E-state index is 0. The molecule has 1 saturated heterocycles. The van der Waals surface area contributed by atoms with Crippen molar-refractivity contribution in [3.8, 4) is 0 Å². The van der Waals surface area contributed by atoms with Gasteiger partial charge in [-0.1, -0.05) is 23.7 Å². The van der Waals surface area contributed by atoms with Gasteiger partial charge in [0.25, 0.3) is 0 Å². The molecule has 5 heteroatoms. The Morgan fingerprint density at radius 3 is 2.50 bits per heavy atom. The molecule has 0 radical (unpaired) electrons. The topological polar surface area (TPSA) is 38.0 Å². The van der Waals surface area contributed by atoms with Crippen LogP contribution in [0.4, 0.5) is 0 Å². The van der Waals surface area contributed by atoms with Crippen LogP contribution >= 0.6 is 36.4 Å². The minimum atomic E-state index is 0. The third kappa shape index (κ3) is 2.37. The maximum Gasteiger partial charge on any atom is 0.0441 e. The number of hydrogen-bond acceptors (Lipinski definition) is 2. The van der Waals surface area contributed by atoms with Crippen molar-refractivity contribution in [1.29, 1.82) is 0 Å². The summed E-state index contributed by atoms with van der Waals surface area (Å²) in [5.74, 6) is 0. The maximum absolute atomic E-state index is 6.44. The summed E-state index contributed by atoms with van der Waals surface area (Å²) in [6.45, 7) is 2.17. The van der Waals surface area contributed by atoms with Crippen LogP contribution in [0.2, 0.25) is 5.02 Å². The van der Waals surface area contributed by atoms with E-state index in [1.165, 1.54) is 24.0 Å². The molecule has 2 nitrogen and oxygen atoms in total. The lowest BCUT2D eigenvalue weighted by molar-refractivity contribution is 0.174. The number of hydrogen-bond donors (Lipinski definition) is 2. The fraction of sp³-hybridized carbons (Fsp3) is 0.538. The molecule has 0 amide bonds. The highest BCUT2D eigenvalue weighted by molar-refractivity contribution is 6.31. The second-order valence-electron chi connectivity index (χ2n) is 5.07. The van der Waals surface area contributed by atoms with Crippen LogP contribution in [0.15, 0.2) is 18.2 Å². The molecule has 1 heterocycles. The van der Waals surface area contributed by atoms with Gasteiger partial charge in [-0.25, -0.2) is 0 Å². The lowest BCUT2D eigenvalue weighted by Crippen LogP contribution is -2.42. The number of nitrogens with two attached hydrogens (primary N) is 1. The summed E-state index contributed by atoms with van der Waals surface area (Å²) in [6.07, 6.45) is 3.39. The normalized spacial score (nSPS) is 24.0. The van der Waals surface area contributed by atoms with E-state index in [0.717, 1.165) is 24.5 Å². The van der Waals surface area contributed by atoms with Crippen molar-refractivity contribution in [3.63, 3.8) is 0 Å². The average Bonchev–Trinajstić information content (AvgIpc) is 2.57. The van der Waals surface area contributed by atoms with Crippen LogP contribution in [0.1, 0.15) is 30.0 Å². The van der Waals surface area contributed by atoms with Gasteiger partial charge >= 0.3 is 0 Å². The molecule has 102 valence electrons. The van der Waals surface area contributed by atoms with Crippen LogP contribution in [0.3, 0.4) is 0 Å². The Morgan fingerprint density at radius 2 is 1.89 bits per heavy atom. The summed E-state index contributed by atoms with van der Waals surface area (Å²) in [5.41, 5.74) is 9.26. The zero-order valence-electron chi connectivity index (χ0n) is 10.1. The van der Waals surface area contributed by atoms with Gasteiger partial charge in [0, 0.05) is 11.1 Å². The van der Waals surface area contributed by atoms with E-state index in [-0.39, 0.29) is 36.3 Å². The van der Waals surface area contributed by atoms with Crippen LogP contribution in [-0.4, -0.2) is 13.1 Å². The lowest BCUT2D eigenvalue weighted by atomic mass is 9.73. The zero-order chi connectivity index (χ0) is 11.2. The van der Waals surface area contributed by atoms with Crippen LogP contribution in [0, 0.1) is 5.41 Å². The summed E-state index contributed by atoms with van der Waals surface area (Å²) < 4.78 is 0. The number of nitrogens with one attached hydrogen (secondary N) is 1. The molecule has 3 N–H and O–H groups in total. The van der Waals surface area contributed by atoms with Gasteiger partial charge in [0.2, 0.25) is 0 Å². The van der Waals surface area contributed by atoms with E-state index >= 15 is 0 Å². The van der Waals surface area contributed by atoms with Gasteiger partial charge in [0.15, 0.2) is 0 Å². The lowest BCUT2D eigenvalue weighted by Gasteiger charge is -2.37. The molecular weight excluding hydrogens is 291 g/mol. The second-order valence-corrected chi connectivity index (χ2v) is 5.48. The molecule has 18 heavy (non-hydrogen) atoms. The molecule has 0 aromatic heterocycles. The molecule has 1 aliphatic carbocycles. The molecule has 1 aliphatic heterocycles. The van der Waals surface area contributed by atoms with Gasteiger partial charge in [-0.2, -0.15) is 0 Å². The summed E-state index contributed by atoms with van der Waals surface area (Å²) in [6, 6.07) is 6.31. The molecule has 1 aromatic rings. The van der Waals surface area contributed by atoms with Gasteiger partial charge in [0.1, 0.15) is 0 Å². The first-order valence-corrected chi connectivity index (χ1v) is 6.34. The summed E-state index contributed by atoms with van der Waals surface area (Å²) >= 11 is 6.27. The Balaban J connectivity index is 0.000000810. The Labute approximate surface area is 125 Å². The van der Waals surface area contributed by atoms with E-state index in [9.17, 15) is 0 Å². The van der Waals surface area contributed by atoms with Gasteiger partial charge < -0.3 is 11.1 Å². The number of rotatable bonds is 0. The van der Waals surface area contributed by atoms with Gasteiger partial charge in [-0.3, -0.25) is 0 Å². The van der Waals surface area contributed by atoms with Gasteiger partial charge in [-0.05, 0) is 55.0 Å². The minimum Gasteiger partial charge on any atom is -0.323 e. The molecule has 1 spiro atoms. The third-order valence-electron chi connectivity index (χ3n) is 4.28. The van der Waals surface area contributed by atoms with E-state index in [1.54, 1.807) is 0 Å². The Morgan fingerprint density at radius 1 is 1.22 bits per heavy atom. The van der Waals surface area contributed by atoms with E-state index in [2.05, 4.69) is 11.4 Å². The molecule has 0 bridgehead atoms. The van der Waals surface area contributed by atoms with Crippen LogP contribution in [0.5, 0.6) is 0 Å². The number of halogens is 3. The second kappa shape index (κ2) is 5.98. The van der Waals surface area contributed by atoms with Crippen molar-refractivity contribution in [2.45, 2.75) is 25.3 Å². The first kappa shape index (κ1) is 16.1. The average molecular weight is 310 g/mol. The Hall–Kier alpha value is 0.01000. The first-order valence-electron chi connectivity index (χ1n) is 5.97. The molecule has 0 saturated carbocycles. The quantitative estimate of drug-likeness (QED) is 0.773. The predicted octanol–water partition coefficient (Wildman–Crippen LogP) is 3.11. The highest BCUT2D eigenvalue weighted by atomic mass is 35.5. The van der Waals surface area contributed by atoms with Crippen LogP contribution in [-0.2, 0) is 6.42 Å². The van der Waals surface area contributed by atoms with Crippen molar-refractivity contribution in [1.82, 2.24) is 5.32 Å². The SMILES string of the molecule is Cl.Cl.N[C@@H]1c2cccc(Cl)c2CC12CCNCC2. The van der Waals surface area contributed by atoms with E-state index in [1.807, 2.05) is 12.1 Å². The number of piperidine rings is 1. The molecule has 2 aliphatic rings. The van der Waals surface area contributed by atoms with Crippen molar-refractivity contribution >= 4 is 36.4 Å². The van der Waals surface area contributed by atoms with E-state index in [0.29, 0.717) is 0 Å². The molecule has 1 atom stereocenters. The highest BCUT2D eigenvalue weighted by Crippen LogP contribution is 2.51. The Bertz CT molecular complexity index is 417. The van der Waals surface area contributed by atoms with Crippen molar-refractivity contribution < 1.29 is 0 Å². The van der Waals surface area contributed by atoms with Gasteiger partial charge in [-0.15, -0.1) is 24.8 Å². The zero-order valence-corrected chi connectivity index (χ0v) is 12.5. The fourth-order valence-electron chi connectivity index (χ4n) is 3.26. The maximum atomic E-state index is 6.44. The van der Waals surface area contributed by atoms with Crippen molar-refractivity contribution in [3.05, 3.63) is 34.3 Å². The molecule has 0 unspecified atom stereocenters. The standard InChI is InChI=1S/C13H17ClN2.2ClH/c14-11-3-1-2-9-10(11)8-13(12(9)15)4-6-16-7-5-13;;/h1-3,12,16H,4-8,15H2;2*1H/t12-;;/m1../s1. The fourth-order valence-corrected chi connectivity index (χ4v) is 3.51. The third-order valence-corrected chi connectivity index (χ3v) is 4.63. The summed E-state index contributed by atoms with van der Waals surface area (Å²) in [7, 11) is 0. The number of benzene rings is 1. The first-order chi connectivity index (χ1) is 7.73. The summed E-state index contributed by atoms with van der Waals surface area (Å²) in [5, 5.41) is 4.30. The van der Waals surface area contributed by atoms with Crippen LogP contribution in [0.25, 0.3) is 0 Å². The van der Waals surface area contributed by atoms with E-state index < -0.39 is 0 Å². The molecule has 1 fully saturated rings. The highest BCUT2D eigenvalue weighted by Gasteiger charge is 2.45. The smallest absolute Gasteiger partial charge is 0.0441 e. The van der Waals surface area contributed by atoms with Crippen LogP contribution < -0.4 is 11.1 Å². The van der Waals surface area contributed by atoms with Crippen molar-refractivity contribution in [2.75, 3.05) is 13.1 Å². The molecular formula is C13H19Cl3N2. The number of fused-ring (bicyclic) bond motifs is 1. The molecule has 1 aromatic carbocycles. The summed E-state index contributed by atoms with van der Waals surface area (Å²) in [4.78, 5) is 0. The monoisotopic (exact) mass is 308 g/mol. The molecule has 3 rings (SSSR count).